The molecule has 1 N–H and O–H groups in total. The Hall–Kier alpha value is -1.81. The van der Waals surface area contributed by atoms with E-state index in [-0.39, 0.29) is 6.04 Å². The molecule has 2 aliphatic rings. The van der Waals surface area contributed by atoms with Gasteiger partial charge in [-0.05, 0) is 37.9 Å². The molecule has 0 spiro atoms. The van der Waals surface area contributed by atoms with Gasteiger partial charge in [0.2, 0.25) is 5.91 Å². The van der Waals surface area contributed by atoms with Gasteiger partial charge in [0, 0.05) is 36.2 Å². The number of amides is 1. The zero-order chi connectivity index (χ0) is 16.7. The van der Waals surface area contributed by atoms with Crippen LogP contribution in [0.5, 0.6) is 0 Å². The van der Waals surface area contributed by atoms with Crippen molar-refractivity contribution in [3.8, 4) is 0 Å². The smallest absolute Gasteiger partial charge is 0.240 e. The second kappa shape index (κ2) is 6.25. The van der Waals surface area contributed by atoms with Gasteiger partial charge in [-0.1, -0.05) is 37.5 Å². The third kappa shape index (κ3) is 2.63. The number of rotatable bonds is 2. The number of hydrogen-bond donors (Lipinski definition) is 1. The van der Waals surface area contributed by atoms with Crippen molar-refractivity contribution in [1.29, 1.82) is 0 Å². The maximum absolute atomic E-state index is 13.1. The number of para-hydroxylation sites is 1. The molecule has 0 radical (unpaired) electrons. The van der Waals surface area contributed by atoms with Crippen molar-refractivity contribution < 1.29 is 4.79 Å². The lowest BCUT2D eigenvalue weighted by Crippen LogP contribution is -2.51. The molecule has 1 aliphatic heterocycles. The Labute approximate surface area is 143 Å². The van der Waals surface area contributed by atoms with Crippen LogP contribution < -0.4 is 0 Å². The molecule has 4 rings (SSSR count). The first-order chi connectivity index (χ1) is 11.6. The maximum atomic E-state index is 13.1. The molecular formula is C20H27N3O. The van der Waals surface area contributed by atoms with E-state index in [1.54, 1.807) is 0 Å². The summed E-state index contributed by atoms with van der Waals surface area (Å²) in [6.07, 6.45) is 6.98. The number of nitrogens with zero attached hydrogens (tertiary/aromatic N) is 2. The first-order valence-corrected chi connectivity index (χ1v) is 9.20. The summed E-state index contributed by atoms with van der Waals surface area (Å²) in [5.41, 5.74) is 3.78. The van der Waals surface area contributed by atoms with Crippen molar-refractivity contribution in [2.24, 2.45) is 0 Å². The molecule has 1 aromatic heterocycles. The van der Waals surface area contributed by atoms with E-state index in [1.165, 1.54) is 41.4 Å². The van der Waals surface area contributed by atoms with Crippen molar-refractivity contribution in [1.82, 2.24) is 14.8 Å². The summed E-state index contributed by atoms with van der Waals surface area (Å²) in [6.45, 7) is 0.818. The standard InChI is InChI=1S/C20H27N3O/c1-22-13-18-16(15-10-6-7-11-17(15)21-18)12-19(22)20(24)23(2)14-8-4-3-5-9-14/h6-7,10-11,14,19,21H,3-5,8-9,12-13H2,1-2H3/t19-/m1/s1. The third-order valence-corrected chi connectivity index (χ3v) is 5.99. The highest BCUT2D eigenvalue weighted by Gasteiger charge is 2.35. The first-order valence-electron chi connectivity index (χ1n) is 9.20. The number of fused-ring (bicyclic) bond motifs is 3. The molecule has 24 heavy (non-hydrogen) atoms. The summed E-state index contributed by atoms with van der Waals surface area (Å²) in [6, 6.07) is 8.83. The Morgan fingerprint density at radius 1 is 1.21 bits per heavy atom. The average Bonchev–Trinajstić information content (AvgIpc) is 2.97. The number of carbonyl (C=O) groups is 1. The second-order valence-corrected chi connectivity index (χ2v) is 7.50. The van der Waals surface area contributed by atoms with E-state index in [2.05, 4.69) is 41.2 Å². The molecule has 1 amide bonds. The molecular weight excluding hydrogens is 298 g/mol. The summed E-state index contributed by atoms with van der Waals surface area (Å²) in [5, 5.41) is 1.28. The van der Waals surface area contributed by atoms with Crippen molar-refractivity contribution >= 4 is 16.8 Å². The predicted octanol–water partition coefficient (Wildman–Crippen LogP) is 3.32. The Morgan fingerprint density at radius 2 is 1.96 bits per heavy atom. The highest BCUT2D eigenvalue weighted by molar-refractivity contribution is 5.88. The van der Waals surface area contributed by atoms with Gasteiger partial charge in [-0.3, -0.25) is 9.69 Å². The Kier molecular flexibility index (Phi) is 4.09. The molecule has 2 heterocycles. The monoisotopic (exact) mass is 325 g/mol. The Morgan fingerprint density at radius 3 is 2.75 bits per heavy atom. The molecule has 2 aromatic rings. The summed E-state index contributed by atoms with van der Waals surface area (Å²) in [5.74, 6) is 0.292. The summed E-state index contributed by atoms with van der Waals surface area (Å²) >= 11 is 0. The van der Waals surface area contributed by atoms with E-state index in [4.69, 9.17) is 0 Å². The van der Waals surface area contributed by atoms with Gasteiger partial charge in [0.25, 0.3) is 0 Å². The summed E-state index contributed by atoms with van der Waals surface area (Å²) in [4.78, 5) is 20.9. The second-order valence-electron chi connectivity index (χ2n) is 7.50. The quantitative estimate of drug-likeness (QED) is 0.920. The van der Waals surface area contributed by atoms with E-state index >= 15 is 0 Å². The highest BCUT2D eigenvalue weighted by atomic mass is 16.2. The van der Waals surface area contributed by atoms with Crippen molar-refractivity contribution in [3.63, 3.8) is 0 Å². The zero-order valence-corrected chi connectivity index (χ0v) is 14.7. The fourth-order valence-corrected chi connectivity index (χ4v) is 4.49. The van der Waals surface area contributed by atoms with E-state index < -0.39 is 0 Å². The van der Waals surface area contributed by atoms with Crippen LogP contribution in [0, 0.1) is 0 Å². The topological polar surface area (TPSA) is 39.3 Å². The summed E-state index contributed by atoms with van der Waals surface area (Å²) < 4.78 is 0. The van der Waals surface area contributed by atoms with Gasteiger partial charge in [0.1, 0.15) is 0 Å². The van der Waals surface area contributed by atoms with Crippen LogP contribution in [0.4, 0.5) is 0 Å². The van der Waals surface area contributed by atoms with Crippen LogP contribution in [0.15, 0.2) is 24.3 Å². The molecule has 0 bridgehead atoms. The zero-order valence-electron chi connectivity index (χ0n) is 14.7. The lowest BCUT2D eigenvalue weighted by atomic mass is 9.92. The fraction of sp³-hybridized carbons (Fsp3) is 0.550. The van der Waals surface area contributed by atoms with Crippen LogP contribution in [0.1, 0.15) is 43.4 Å². The largest absolute Gasteiger partial charge is 0.357 e. The van der Waals surface area contributed by atoms with Crippen molar-refractivity contribution in [2.75, 3.05) is 14.1 Å². The molecule has 1 aromatic carbocycles. The van der Waals surface area contributed by atoms with Gasteiger partial charge < -0.3 is 9.88 Å². The number of likely N-dealkylation sites (N-methyl/N-ethyl adjacent to an activating group) is 2. The van der Waals surface area contributed by atoms with Gasteiger partial charge in [-0.15, -0.1) is 0 Å². The normalized spacial score (nSPS) is 22.5. The number of aromatic nitrogens is 1. The maximum Gasteiger partial charge on any atom is 0.240 e. The van der Waals surface area contributed by atoms with Crippen LogP contribution in [-0.4, -0.2) is 46.9 Å². The van der Waals surface area contributed by atoms with Gasteiger partial charge in [-0.25, -0.2) is 0 Å². The molecule has 128 valence electrons. The average molecular weight is 325 g/mol. The summed E-state index contributed by atoms with van der Waals surface area (Å²) in [7, 11) is 4.09. The molecule has 0 unspecified atom stereocenters. The van der Waals surface area contributed by atoms with Crippen LogP contribution in [0.3, 0.4) is 0 Å². The SMILES string of the molecule is CN(C(=O)[C@H]1Cc2c([nH]c3ccccc23)CN1C)C1CCCCC1. The minimum absolute atomic E-state index is 0.0383. The molecule has 4 heteroatoms. The van der Waals surface area contributed by atoms with E-state index in [9.17, 15) is 4.79 Å². The lowest BCUT2D eigenvalue weighted by Gasteiger charge is -2.38. The van der Waals surface area contributed by atoms with Gasteiger partial charge in [0.15, 0.2) is 0 Å². The number of nitrogens with one attached hydrogen (secondary N) is 1. The molecule has 1 atom stereocenters. The highest BCUT2D eigenvalue weighted by Crippen LogP contribution is 2.31. The molecule has 1 fully saturated rings. The van der Waals surface area contributed by atoms with E-state index in [0.717, 1.165) is 25.8 Å². The predicted molar refractivity (Wildman–Crippen MR) is 96.9 cm³/mol. The van der Waals surface area contributed by atoms with Gasteiger partial charge >= 0.3 is 0 Å². The van der Waals surface area contributed by atoms with E-state index in [0.29, 0.717) is 11.9 Å². The minimum atomic E-state index is -0.0383. The van der Waals surface area contributed by atoms with Gasteiger partial charge in [-0.2, -0.15) is 0 Å². The first kappa shape index (κ1) is 15.7. The third-order valence-electron chi connectivity index (χ3n) is 5.99. The van der Waals surface area contributed by atoms with Crippen LogP contribution in [0.2, 0.25) is 0 Å². The van der Waals surface area contributed by atoms with Crippen molar-refractivity contribution in [3.05, 3.63) is 35.5 Å². The van der Waals surface area contributed by atoms with E-state index in [1.807, 2.05) is 11.9 Å². The lowest BCUT2D eigenvalue weighted by molar-refractivity contribution is -0.138. The molecule has 1 saturated carbocycles. The number of benzene rings is 1. The fourth-order valence-electron chi connectivity index (χ4n) is 4.49. The minimum Gasteiger partial charge on any atom is -0.357 e. The van der Waals surface area contributed by atoms with Crippen LogP contribution in [0.25, 0.3) is 10.9 Å². The van der Waals surface area contributed by atoms with Crippen LogP contribution in [-0.2, 0) is 17.8 Å². The van der Waals surface area contributed by atoms with Crippen LogP contribution >= 0.6 is 0 Å². The van der Waals surface area contributed by atoms with Gasteiger partial charge in [0.05, 0.1) is 6.04 Å². The number of hydrogen-bond acceptors (Lipinski definition) is 2. The molecule has 0 saturated heterocycles. The molecule has 4 nitrogen and oxygen atoms in total. The Balaban J connectivity index is 1.58. The molecule has 1 aliphatic carbocycles. The number of aromatic amines is 1. The number of carbonyl (C=O) groups excluding carboxylic acids is 1. The Bertz CT molecular complexity index is 744. The number of H-pyrrole nitrogens is 1. The van der Waals surface area contributed by atoms with Crippen molar-refractivity contribution in [2.45, 2.75) is 57.2 Å².